The van der Waals surface area contributed by atoms with E-state index in [1.165, 1.54) is 5.56 Å². The lowest BCUT2D eigenvalue weighted by atomic mass is 10.2. The van der Waals surface area contributed by atoms with Crippen molar-refractivity contribution in [3.63, 3.8) is 0 Å². The van der Waals surface area contributed by atoms with Gasteiger partial charge in [-0.1, -0.05) is 0 Å². The van der Waals surface area contributed by atoms with Gasteiger partial charge in [-0.2, -0.15) is 0 Å². The van der Waals surface area contributed by atoms with Crippen molar-refractivity contribution in [2.24, 2.45) is 5.73 Å². The van der Waals surface area contributed by atoms with Crippen LogP contribution in [0.5, 0.6) is 0 Å². The topological polar surface area (TPSA) is 56.7 Å². The van der Waals surface area contributed by atoms with Gasteiger partial charge in [0.25, 0.3) is 0 Å². The number of hydrogen-bond acceptors (Lipinski definition) is 3. The van der Waals surface area contributed by atoms with E-state index >= 15 is 0 Å². The Kier molecular flexibility index (Phi) is 2.78. The second-order valence-electron chi connectivity index (χ2n) is 3.59. The highest BCUT2D eigenvalue weighted by Gasteiger charge is 2.06. The van der Waals surface area contributed by atoms with Gasteiger partial charge in [-0.05, 0) is 24.6 Å². The van der Waals surface area contributed by atoms with Gasteiger partial charge in [0.05, 0.1) is 12.0 Å². The molecule has 0 amide bonds. The summed E-state index contributed by atoms with van der Waals surface area (Å²) in [6.07, 6.45) is 7.20. The van der Waals surface area contributed by atoms with E-state index < -0.39 is 0 Å². The third-order valence-corrected chi connectivity index (χ3v) is 2.31. The van der Waals surface area contributed by atoms with Crippen molar-refractivity contribution in [3.05, 3.63) is 48.3 Å². The highest BCUT2D eigenvalue weighted by molar-refractivity contribution is 5.13. The average Bonchev–Trinajstić information content (AvgIpc) is 2.67. The van der Waals surface area contributed by atoms with Crippen LogP contribution in [0.25, 0.3) is 0 Å². The maximum absolute atomic E-state index is 5.84. The molecule has 4 nitrogen and oxygen atoms in total. The molecule has 0 aromatic carbocycles. The maximum Gasteiger partial charge on any atom is 0.0951 e. The zero-order valence-corrected chi connectivity index (χ0v) is 8.67. The van der Waals surface area contributed by atoms with Crippen LogP contribution in [0.3, 0.4) is 0 Å². The molecule has 1 atom stereocenters. The van der Waals surface area contributed by atoms with E-state index in [0.29, 0.717) is 0 Å². The van der Waals surface area contributed by atoms with Crippen LogP contribution in [0.15, 0.2) is 37.1 Å². The van der Waals surface area contributed by atoms with Gasteiger partial charge < -0.3 is 10.3 Å². The SMILES string of the molecule is C[C@@H](N)c1cncn1Cc1ccncc1. The van der Waals surface area contributed by atoms with Gasteiger partial charge >= 0.3 is 0 Å². The Morgan fingerprint density at radius 2 is 2.07 bits per heavy atom. The van der Waals surface area contributed by atoms with E-state index in [4.69, 9.17) is 5.73 Å². The minimum absolute atomic E-state index is 0.00865. The third-order valence-electron chi connectivity index (χ3n) is 2.31. The maximum atomic E-state index is 5.84. The first kappa shape index (κ1) is 9.86. The molecule has 4 heteroatoms. The molecule has 0 saturated carbocycles. The van der Waals surface area contributed by atoms with Crippen LogP contribution in [0.4, 0.5) is 0 Å². The zero-order chi connectivity index (χ0) is 10.7. The zero-order valence-electron chi connectivity index (χ0n) is 8.67. The number of hydrogen-bond donors (Lipinski definition) is 1. The Morgan fingerprint density at radius 3 is 2.73 bits per heavy atom. The molecule has 0 unspecified atom stereocenters. The van der Waals surface area contributed by atoms with Crippen LogP contribution in [0, 0.1) is 0 Å². The van der Waals surface area contributed by atoms with Crippen LogP contribution in [-0.4, -0.2) is 14.5 Å². The molecule has 2 aromatic rings. The predicted molar refractivity (Wildman–Crippen MR) is 58.2 cm³/mol. The molecule has 15 heavy (non-hydrogen) atoms. The first-order valence-corrected chi connectivity index (χ1v) is 4.92. The monoisotopic (exact) mass is 202 g/mol. The molecule has 0 radical (unpaired) electrons. The van der Waals surface area contributed by atoms with Crippen LogP contribution in [0.1, 0.15) is 24.2 Å². The molecule has 0 aliphatic rings. The smallest absolute Gasteiger partial charge is 0.0951 e. The summed E-state index contributed by atoms with van der Waals surface area (Å²) < 4.78 is 2.06. The van der Waals surface area contributed by atoms with Gasteiger partial charge in [0, 0.05) is 31.2 Å². The summed E-state index contributed by atoms with van der Waals surface area (Å²) in [6, 6.07) is 3.99. The minimum Gasteiger partial charge on any atom is -0.329 e. The molecule has 2 N–H and O–H groups in total. The number of aromatic nitrogens is 3. The summed E-state index contributed by atoms with van der Waals surface area (Å²) in [7, 11) is 0. The molecule has 0 fully saturated rings. The van der Waals surface area contributed by atoms with Crippen LogP contribution in [0.2, 0.25) is 0 Å². The lowest BCUT2D eigenvalue weighted by molar-refractivity contribution is 0.674. The van der Waals surface area contributed by atoms with Crippen molar-refractivity contribution in [3.8, 4) is 0 Å². The predicted octanol–water partition coefficient (Wildman–Crippen LogP) is 1.35. The van der Waals surface area contributed by atoms with Gasteiger partial charge in [-0.25, -0.2) is 4.98 Å². The van der Waals surface area contributed by atoms with Gasteiger partial charge in [-0.3, -0.25) is 4.98 Å². The fraction of sp³-hybridized carbons (Fsp3) is 0.273. The van der Waals surface area contributed by atoms with Crippen LogP contribution < -0.4 is 5.73 Å². The molecular weight excluding hydrogens is 188 g/mol. The Morgan fingerprint density at radius 1 is 1.33 bits per heavy atom. The molecule has 2 aromatic heterocycles. The number of nitrogens with two attached hydrogens (primary N) is 1. The first-order valence-electron chi connectivity index (χ1n) is 4.92. The molecule has 78 valence electrons. The van der Waals surface area contributed by atoms with Gasteiger partial charge in [-0.15, -0.1) is 0 Å². The lowest BCUT2D eigenvalue weighted by Crippen LogP contribution is -2.12. The van der Waals surface area contributed by atoms with Crippen molar-refractivity contribution < 1.29 is 0 Å². The molecule has 2 rings (SSSR count). The van der Waals surface area contributed by atoms with Crippen molar-refractivity contribution in [1.82, 2.24) is 14.5 Å². The van der Waals surface area contributed by atoms with Crippen molar-refractivity contribution >= 4 is 0 Å². The molecule has 0 bridgehead atoms. The van der Waals surface area contributed by atoms with Crippen molar-refractivity contribution in [2.75, 3.05) is 0 Å². The quantitative estimate of drug-likeness (QED) is 0.817. The molecule has 0 saturated heterocycles. The molecule has 0 spiro atoms. The largest absolute Gasteiger partial charge is 0.329 e. The van der Waals surface area contributed by atoms with Gasteiger partial charge in [0.15, 0.2) is 0 Å². The normalized spacial score (nSPS) is 12.7. The molecular formula is C11H14N4. The summed E-state index contributed by atoms with van der Waals surface area (Å²) in [5.74, 6) is 0. The Hall–Kier alpha value is -1.68. The lowest BCUT2D eigenvalue weighted by Gasteiger charge is -2.10. The number of pyridine rings is 1. The fourth-order valence-electron chi connectivity index (χ4n) is 1.53. The van der Waals surface area contributed by atoms with Gasteiger partial charge in [0.2, 0.25) is 0 Å². The summed E-state index contributed by atoms with van der Waals surface area (Å²) in [5.41, 5.74) is 8.09. The Labute approximate surface area is 88.8 Å². The molecule has 0 aliphatic carbocycles. The van der Waals surface area contributed by atoms with E-state index in [2.05, 4.69) is 14.5 Å². The van der Waals surface area contributed by atoms with E-state index in [0.717, 1.165) is 12.2 Å². The van der Waals surface area contributed by atoms with Gasteiger partial charge in [0.1, 0.15) is 0 Å². The fourth-order valence-corrected chi connectivity index (χ4v) is 1.53. The second-order valence-corrected chi connectivity index (χ2v) is 3.59. The first-order chi connectivity index (χ1) is 7.27. The average molecular weight is 202 g/mol. The van der Waals surface area contributed by atoms with Crippen molar-refractivity contribution in [2.45, 2.75) is 19.5 Å². The summed E-state index contributed by atoms with van der Waals surface area (Å²) >= 11 is 0. The van der Waals surface area contributed by atoms with Crippen LogP contribution >= 0.6 is 0 Å². The minimum atomic E-state index is 0.00865. The van der Waals surface area contributed by atoms with Crippen LogP contribution in [-0.2, 0) is 6.54 Å². The van der Waals surface area contributed by atoms with E-state index in [9.17, 15) is 0 Å². The number of nitrogens with zero attached hydrogens (tertiary/aromatic N) is 3. The highest BCUT2D eigenvalue weighted by Crippen LogP contribution is 2.10. The standard InChI is InChI=1S/C11H14N4/c1-9(12)11-6-14-8-15(11)7-10-2-4-13-5-3-10/h2-6,8-9H,7,12H2,1H3/t9-/m1/s1. The molecule has 2 heterocycles. The Balaban J connectivity index is 2.21. The summed E-state index contributed by atoms with van der Waals surface area (Å²) in [4.78, 5) is 8.09. The van der Waals surface area contributed by atoms with E-state index in [1.54, 1.807) is 18.7 Å². The number of rotatable bonds is 3. The van der Waals surface area contributed by atoms with E-state index in [1.807, 2.05) is 25.3 Å². The Bertz CT molecular complexity index is 419. The number of imidazole rings is 1. The second kappa shape index (κ2) is 4.23. The third kappa shape index (κ3) is 2.22. The van der Waals surface area contributed by atoms with E-state index in [-0.39, 0.29) is 6.04 Å². The summed E-state index contributed by atoms with van der Waals surface area (Å²) in [6.45, 7) is 2.75. The van der Waals surface area contributed by atoms with Crippen molar-refractivity contribution in [1.29, 1.82) is 0 Å². The highest BCUT2D eigenvalue weighted by atomic mass is 15.1. The molecule has 0 aliphatic heterocycles. The summed E-state index contributed by atoms with van der Waals surface area (Å²) in [5, 5.41) is 0.